The topological polar surface area (TPSA) is 64.1 Å². The highest BCUT2D eigenvalue weighted by Gasteiger charge is 2.08. The van der Waals surface area contributed by atoms with E-state index in [1.54, 1.807) is 6.26 Å². The number of hydrogen-bond acceptors (Lipinski definition) is 5. The largest absolute Gasteiger partial charge is 0.468 e. The lowest BCUT2D eigenvalue weighted by molar-refractivity contribution is 0.447. The summed E-state index contributed by atoms with van der Waals surface area (Å²) < 4.78 is 10.8. The third-order valence-corrected chi connectivity index (χ3v) is 2.92. The molecule has 0 bridgehead atoms. The Morgan fingerprint density at radius 3 is 2.65 bits per heavy atom. The van der Waals surface area contributed by atoms with E-state index in [0.717, 1.165) is 11.3 Å². The van der Waals surface area contributed by atoms with Gasteiger partial charge in [0.15, 0.2) is 0 Å². The van der Waals surface area contributed by atoms with Gasteiger partial charge in [-0.2, -0.15) is 0 Å². The summed E-state index contributed by atoms with van der Waals surface area (Å²) in [6, 6.07) is 11.8. The molecular formula is C15H15N3O2. The molecule has 0 unspecified atom stereocenters. The third kappa shape index (κ3) is 2.95. The van der Waals surface area contributed by atoms with Crippen molar-refractivity contribution in [2.45, 2.75) is 20.0 Å². The van der Waals surface area contributed by atoms with Crippen LogP contribution in [-0.4, -0.2) is 10.2 Å². The zero-order valence-electron chi connectivity index (χ0n) is 11.2. The molecule has 0 radical (unpaired) electrons. The molecule has 0 saturated heterocycles. The lowest BCUT2D eigenvalue weighted by Gasteiger charge is -1.98. The monoisotopic (exact) mass is 269 g/mol. The second-order valence-corrected chi connectivity index (χ2v) is 4.55. The van der Waals surface area contributed by atoms with Crippen molar-refractivity contribution in [2.24, 2.45) is 0 Å². The third-order valence-electron chi connectivity index (χ3n) is 2.92. The first kappa shape index (κ1) is 12.6. The highest BCUT2D eigenvalue weighted by molar-refractivity contribution is 5.52. The van der Waals surface area contributed by atoms with Crippen molar-refractivity contribution >= 4 is 0 Å². The quantitative estimate of drug-likeness (QED) is 0.771. The summed E-state index contributed by atoms with van der Waals surface area (Å²) in [6.45, 7) is 3.19. The van der Waals surface area contributed by atoms with Gasteiger partial charge in [-0.05, 0) is 31.2 Å². The van der Waals surface area contributed by atoms with Gasteiger partial charge in [-0.3, -0.25) is 0 Å². The number of rotatable bonds is 5. The molecule has 0 aliphatic heterocycles. The molecule has 1 aromatic carbocycles. The first-order valence-electron chi connectivity index (χ1n) is 6.44. The summed E-state index contributed by atoms with van der Waals surface area (Å²) in [4.78, 5) is 0. The predicted octanol–water partition coefficient (Wildman–Crippen LogP) is 2.93. The lowest BCUT2D eigenvalue weighted by atomic mass is 10.1. The Balaban J connectivity index is 1.60. The van der Waals surface area contributed by atoms with Crippen molar-refractivity contribution in [3.8, 4) is 11.5 Å². The number of hydrogen-bond donors (Lipinski definition) is 1. The zero-order valence-corrected chi connectivity index (χ0v) is 11.2. The van der Waals surface area contributed by atoms with E-state index in [0.29, 0.717) is 24.9 Å². The average molecular weight is 269 g/mol. The molecule has 3 rings (SSSR count). The Morgan fingerprint density at radius 2 is 1.90 bits per heavy atom. The van der Waals surface area contributed by atoms with Gasteiger partial charge in [-0.1, -0.05) is 17.7 Å². The molecular weight excluding hydrogens is 254 g/mol. The molecule has 0 aliphatic rings. The van der Waals surface area contributed by atoms with Crippen LogP contribution < -0.4 is 5.32 Å². The Hall–Kier alpha value is -2.40. The number of furan rings is 1. The molecule has 0 spiro atoms. The van der Waals surface area contributed by atoms with Crippen LogP contribution in [0.4, 0.5) is 0 Å². The molecule has 3 aromatic rings. The number of nitrogens with one attached hydrogen (secondary N) is 1. The van der Waals surface area contributed by atoms with Gasteiger partial charge in [0.05, 0.1) is 19.4 Å². The molecule has 0 amide bonds. The molecule has 0 atom stereocenters. The van der Waals surface area contributed by atoms with Crippen molar-refractivity contribution in [2.75, 3.05) is 0 Å². The Kier molecular flexibility index (Phi) is 3.60. The molecule has 0 aliphatic carbocycles. The molecule has 2 heterocycles. The van der Waals surface area contributed by atoms with Crippen molar-refractivity contribution in [3.05, 3.63) is 59.9 Å². The van der Waals surface area contributed by atoms with Crippen molar-refractivity contribution in [1.82, 2.24) is 15.5 Å². The highest BCUT2D eigenvalue weighted by Crippen LogP contribution is 2.18. The van der Waals surface area contributed by atoms with Crippen LogP contribution in [0.25, 0.3) is 11.5 Å². The SMILES string of the molecule is Cc1ccc(-c2nnc(CNCc3ccco3)o2)cc1. The Bertz CT molecular complexity index is 657. The summed E-state index contributed by atoms with van der Waals surface area (Å²) in [7, 11) is 0. The highest BCUT2D eigenvalue weighted by atomic mass is 16.4. The summed E-state index contributed by atoms with van der Waals surface area (Å²) >= 11 is 0. The first-order valence-corrected chi connectivity index (χ1v) is 6.44. The van der Waals surface area contributed by atoms with Crippen LogP contribution in [0.1, 0.15) is 17.2 Å². The zero-order chi connectivity index (χ0) is 13.8. The fraction of sp³-hybridized carbons (Fsp3) is 0.200. The fourth-order valence-corrected chi connectivity index (χ4v) is 1.84. The summed E-state index contributed by atoms with van der Waals surface area (Å²) in [5, 5.41) is 11.3. The standard InChI is InChI=1S/C15H15N3O2/c1-11-4-6-12(7-5-11)15-18-17-14(20-15)10-16-9-13-3-2-8-19-13/h2-8,16H,9-10H2,1H3. The Labute approximate surface area is 116 Å². The van der Waals surface area contributed by atoms with Gasteiger partial charge in [0.2, 0.25) is 11.8 Å². The van der Waals surface area contributed by atoms with Crippen molar-refractivity contribution in [3.63, 3.8) is 0 Å². The molecule has 0 saturated carbocycles. The minimum Gasteiger partial charge on any atom is -0.468 e. The van der Waals surface area contributed by atoms with E-state index in [2.05, 4.69) is 15.5 Å². The van der Waals surface area contributed by atoms with Crippen LogP contribution in [0.2, 0.25) is 0 Å². The van der Waals surface area contributed by atoms with Crippen molar-refractivity contribution in [1.29, 1.82) is 0 Å². The maximum atomic E-state index is 5.61. The van der Waals surface area contributed by atoms with Gasteiger partial charge in [0.1, 0.15) is 5.76 Å². The summed E-state index contributed by atoms with van der Waals surface area (Å²) in [5.74, 6) is 1.98. The van der Waals surface area contributed by atoms with Crippen LogP contribution in [-0.2, 0) is 13.1 Å². The van der Waals surface area contributed by atoms with Gasteiger partial charge in [-0.25, -0.2) is 0 Å². The molecule has 5 nitrogen and oxygen atoms in total. The smallest absolute Gasteiger partial charge is 0.247 e. The number of aromatic nitrogens is 2. The summed E-state index contributed by atoms with van der Waals surface area (Å²) in [6.07, 6.45) is 1.65. The molecule has 102 valence electrons. The number of aryl methyl sites for hydroxylation is 1. The van der Waals surface area contributed by atoms with E-state index in [4.69, 9.17) is 8.83 Å². The maximum absolute atomic E-state index is 5.61. The minimum absolute atomic E-state index is 0.513. The molecule has 5 heteroatoms. The molecule has 0 fully saturated rings. The van der Waals surface area contributed by atoms with Crippen LogP contribution in [0.3, 0.4) is 0 Å². The predicted molar refractivity (Wildman–Crippen MR) is 73.7 cm³/mol. The van der Waals surface area contributed by atoms with Gasteiger partial charge < -0.3 is 14.2 Å². The van der Waals surface area contributed by atoms with Crippen LogP contribution in [0, 0.1) is 6.92 Å². The maximum Gasteiger partial charge on any atom is 0.247 e. The number of benzene rings is 1. The minimum atomic E-state index is 0.513. The van der Waals surface area contributed by atoms with Crippen molar-refractivity contribution < 1.29 is 8.83 Å². The summed E-state index contributed by atoms with van der Waals surface area (Å²) in [5.41, 5.74) is 2.13. The lowest BCUT2D eigenvalue weighted by Crippen LogP contribution is -2.12. The average Bonchev–Trinajstić information content (AvgIpc) is 3.11. The van der Waals surface area contributed by atoms with Crippen LogP contribution in [0.15, 0.2) is 51.5 Å². The second-order valence-electron chi connectivity index (χ2n) is 4.55. The van der Waals surface area contributed by atoms with Gasteiger partial charge in [0, 0.05) is 5.56 Å². The van der Waals surface area contributed by atoms with E-state index >= 15 is 0 Å². The van der Waals surface area contributed by atoms with Gasteiger partial charge in [-0.15, -0.1) is 10.2 Å². The van der Waals surface area contributed by atoms with Gasteiger partial charge >= 0.3 is 0 Å². The van der Waals surface area contributed by atoms with Gasteiger partial charge in [0.25, 0.3) is 0 Å². The van der Waals surface area contributed by atoms with E-state index in [1.165, 1.54) is 5.56 Å². The number of nitrogens with zero attached hydrogens (tertiary/aromatic N) is 2. The molecule has 20 heavy (non-hydrogen) atoms. The van der Waals surface area contributed by atoms with E-state index in [-0.39, 0.29) is 0 Å². The fourth-order valence-electron chi connectivity index (χ4n) is 1.84. The first-order chi connectivity index (χ1) is 9.81. The van der Waals surface area contributed by atoms with Crippen LogP contribution in [0.5, 0.6) is 0 Å². The normalized spacial score (nSPS) is 10.8. The van der Waals surface area contributed by atoms with Crippen LogP contribution >= 0.6 is 0 Å². The van der Waals surface area contributed by atoms with E-state index in [9.17, 15) is 0 Å². The van der Waals surface area contributed by atoms with E-state index in [1.807, 2.05) is 43.3 Å². The van der Waals surface area contributed by atoms with E-state index < -0.39 is 0 Å². The molecule has 1 N–H and O–H groups in total. The molecule has 2 aromatic heterocycles. The Morgan fingerprint density at radius 1 is 1.05 bits per heavy atom. The second kappa shape index (κ2) is 5.71.